The Morgan fingerprint density at radius 2 is 2.16 bits per heavy atom. The molecule has 1 N–H and O–H groups in total. The van der Waals surface area contributed by atoms with E-state index in [9.17, 15) is 14.0 Å². The summed E-state index contributed by atoms with van der Waals surface area (Å²) < 4.78 is 20.2. The quantitative estimate of drug-likeness (QED) is 0.928. The van der Waals surface area contributed by atoms with E-state index in [4.69, 9.17) is 4.74 Å². The second-order valence-electron chi connectivity index (χ2n) is 3.82. The van der Waals surface area contributed by atoms with Gasteiger partial charge in [-0.05, 0) is 18.2 Å². The van der Waals surface area contributed by atoms with Crippen molar-refractivity contribution in [2.45, 2.75) is 6.54 Å². The second-order valence-corrected chi connectivity index (χ2v) is 4.74. The van der Waals surface area contributed by atoms with Crippen LogP contribution in [0.1, 0.15) is 5.56 Å². The Hall–Kier alpha value is -1.89. The molecule has 0 fully saturated rings. The van der Waals surface area contributed by atoms with Gasteiger partial charge in [0.15, 0.2) is 0 Å². The lowest BCUT2D eigenvalue weighted by atomic mass is 10.2. The highest BCUT2D eigenvalue weighted by Gasteiger charge is 2.08. The Bertz CT molecular complexity index is 724. The van der Waals surface area contributed by atoms with Crippen LogP contribution in [0.25, 0.3) is 0 Å². The number of halogens is 2. The molecule has 1 aromatic carbocycles. The van der Waals surface area contributed by atoms with Crippen LogP contribution in [0.15, 0.2) is 38.5 Å². The minimum absolute atomic E-state index is 0.0924. The molecule has 0 amide bonds. The molecule has 0 radical (unpaired) electrons. The SMILES string of the molecule is COc1ccc(Br)cc1Cn1cc(F)c(=O)[nH]c1=O. The van der Waals surface area contributed by atoms with E-state index in [1.54, 1.807) is 18.2 Å². The van der Waals surface area contributed by atoms with Gasteiger partial charge in [0.1, 0.15) is 5.75 Å². The standard InChI is InChI=1S/C12H10BrFN2O3/c1-19-10-3-2-8(13)4-7(10)5-16-6-9(14)11(17)15-12(16)18/h2-4,6H,5H2,1H3,(H,15,17,18). The van der Waals surface area contributed by atoms with Crippen LogP contribution in [0.3, 0.4) is 0 Å². The van der Waals surface area contributed by atoms with Crippen LogP contribution >= 0.6 is 15.9 Å². The van der Waals surface area contributed by atoms with E-state index < -0.39 is 17.1 Å². The number of H-pyrrole nitrogens is 1. The summed E-state index contributed by atoms with van der Waals surface area (Å²) >= 11 is 3.31. The molecule has 5 nitrogen and oxygen atoms in total. The van der Waals surface area contributed by atoms with Crippen LogP contribution in [0.4, 0.5) is 4.39 Å². The largest absolute Gasteiger partial charge is 0.496 e. The first kappa shape index (κ1) is 13.5. The Labute approximate surface area is 115 Å². The molecule has 0 atom stereocenters. The van der Waals surface area contributed by atoms with Crippen molar-refractivity contribution in [2.75, 3.05) is 7.11 Å². The van der Waals surface area contributed by atoms with Crippen molar-refractivity contribution in [2.24, 2.45) is 0 Å². The molecule has 0 saturated carbocycles. The highest BCUT2D eigenvalue weighted by molar-refractivity contribution is 9.10. The average Bonchev–Trinajstić information content (AvgIpc) is 2.36. The molecule has 100 valence electrons. The van der Waals surface area contributed by atoms with Gasteiger partial charge in [-0.3, -0.25) is 14.3 Å². The van der Waals surface area contributed by atoms with Crippen LogP contribution in [0.5, 0.6) is 5.75 Å². The van der Waals surface area contributed by atoms with Crippen LogP contribution < -0.4 is 16.0 Å². The minimum atomic E-state index is -1.03. The number of aromatic nitrogens is 2. The Kier molecular flexibility index (Phi) is 3.84. The number of nitrogens with zero attached hydrogens (tertiary/aromatic N) is 1. The first-order chi connectivity index (χ1) is 9.01. The lowest BCUT2D eigenvalue weighted by Crippen LogP contribution is -2.31. The van der Waals surface area contributed by atoms with Crippen molar-refractivity contribution >= 4 is 15.9 Å². The molecule has 0 spiro atoms. The van der Waals surface area contributed by atoms with Gasteiger partial charge in [0, 0.05) is 10.0 Å². The minimum Gasteiger partial charge on any atom is -0.496 e. The smallest absolute Gasteiger partial charge is 0.328 e. The molecule has 7 heteroatoms. The number of hydrogen-bond acceptors (Lipinski definition) is 3. The highest BCUT2D eigenvalue weighted by atomic mass is 79.9. The number of methoxy groups -OCH3 is 1. The predicted molar refractivity (Wildman–Crippen MR) is 71.1 cm³/mol. The average molecular weight is 329 g/mol. The third-order valence-corrected chi connectivity index (χ3v) is 3.04. The maximum atomic E-state index is 13.2. The van der Waals surface area contributed by atoms with E-state index in [1.165, 1.54) is 7.11 Å². The van der Waals surface area contributed by atoms with Crippen molar-refractivity contribution in [1.82, 2.24) is 9.55 Å². The number of rotatable bonds is 3. The van der Waals surface area contributed by atoms with Crippen molar-refractivity contribution in [1.29, 1.82) is 0 Å². The summed E-state index contributed by atoms with van der Waals surface area (Å²) in [5, 5.41) is 0. The third-order valence-electron chi connectivity index (χ3n) is 2.55. The molecule has 0 saturated heterocycles. The molecule has 19 heavy (non-hydrogen) atoms. The van der Waals surface area contributed by atoms with Gasteiger partial charge in [-0.1, -0.05) is 15.9 Å². The molecule has 0 bridgehead atoms. The van der Waals surface area contributed by atoms with Crippen molar-refractivity contribution in [3.05, 3.63) is 61.1 Å². The Morgan fingerprint density at radius 1 is 1.42 bits per heavy atom. The first-order valence-corrected chi connectivity index (χ1v) is 6.12. The van der Waals surface area contributed by atoms with E-state index in [2.05, 4.69) is 15.9 Å². The summed E-state index contributed by atoms with van der Waals surface area (Å²) in [4.78, 5) is 24.4. The lowest BCUT2D eigenvalue weighted by molar-refractivity contribution is 0.407. The predicted octanol–water partition coefficient (Wildman–Crippen LogP) is 1.50. The number of benzene rings is 1. The molecular formula is C12H10BrFN2O3. The zero-order valence-electron chi connectivity index (χ0n) is 9.94. The summed E-state index contributed by atoms with van der Waals surface area (Å²) in [7, 11) is 1.50. The zero-order valence-corrected chi connectivity index (χ0v) is 11.5. The fraction of sp³-hybridized carbons (Fsp3) is 0.167. The molecule has 1 heterocycles. The van der Waals surface area contributed by atoms with Crippen LogP contribution in [0.2, 0.25) is 0 Å². The summed E-state index contributed by atoms with van der Waals surface area (Å²) in [6, 6.07) is 5.28. The highest BCUT2D eigenvalue weighted by Crippen LogP contribution is 2.23. The summed E-state index contributed by atoms with van der Waals surface area (Å²) in [6.45, 7) is 0.0924. The monoisotopic (exact) mass is 328 g/mol. The lowest BCUT2D eigenvalue weighted by Gasteiger charge is -2.10. The molecular weight excluding hydrogens is 319 g/mol. The fourth-order valence-corrected chi connectivity index (χ4v) is 2.06. The van der Waals surface area contributed by atoms with Gasteiger partial charge < -0.3 is 4.74 Å². The van der Waals surface area contributed by atoms with Gasteiger partial charge in [-0.15, -0.1) is 0 Å². The number of nitrogens with one attached hydrogen (secondary N) is 1. The maximum Gasteiger partial charge on any atom is 0.328 e. The van der Waals surface area contributed by atoms with E-state index in [0.29, 0.717) is 11.3 Å². The van der Waals surface area contributed by atoms with Crippen LogP contribution in [0, 0.1) is 5.82 Å². The molecule has 2 rings (SSSR count). The number of aromatic amines is 1. The van der Waals surface area contributed by atoms with Gasteiger partial charge in [-0.2, -0.15) is 4.39 Å². The van der Waals surface area contributed by atoms with Gasteiger partial charge in [0.2, 0.25) is 5.82 Å². The molecule has 0 aliphatic heterocycles. The van der Waals surface area contributed by atoms with E-state index >= 15 is 0 Å². The third kappa shape index (κ3) is 2.93. The van der Waals surface area contributed by atoms with E-state index in [1.807, 2.05) is 4.98 Å². The van der Waals surface area contributed by atoms with Gasteiger partial charge in [-0.25, -0.2) is 4.79 Å². The summed E-state index contributed by atoms with van der Waals surface area (Å²) in [5.41, 5.74) is -1.01. The van der Waals surface area contributed by atoms with Crippen molar-refractivity contribution < 1.29 is 9.13 Å². The maximum absolute atomic E-state index is 13.2. The molecule has 0 aliphatic carbocycles. The zero-order chi connectivity index (χ0) is 14.0. The van der Waals surface area contributed by atoms with Gasteiger partial charge >= 0.3 is 5.69 Å². The Balaban J connectivity index is 2.47. The fourth-order valence-electron chi connectivity index (χ4n) is 1.65. The number of ether oxygens (including phenoxy) is 1. The van der Waals surface area contributed by atoms with Crippen LogP contribution in [-0.2, 0) is 6.54 Å². The van der Waals surface area contributed by atoms with Crippen LogP contribution in [-0.4, -0.2) is 16.7 Å². The normalized spacial score (nSPS) is 10.5. The molecule has 0 aliphatic rings. The summed E-state index contributed by atoms with van der Waals surface area (Å²) in [5.74, 6) is -0.435. The van der Waals surface area contributed by atoms with Crippen molar-refractivity contribution in [3.63, 3.8) is 0 Å². The summed E-state index contributed by atoms with van der Waals surface area (Å²) in [6.07, 6.45) is 0.876. The number of hydrogen-bond donors (Lipinski definition) is 1. The second kappa shape index (κ2) is 5.40. The topological polar surface area (TPSA) is 64.1 Å². The van der Waals surface area contributed by atoms with Gasteiger partial charge in [0.05, 0.1) is 19.9 Å². The van der Waals surface area contributed by atoms with E-state index in [0.717, 1.165) is 15.2 Å². The first-order valence-electron chi connectivity index (χ1n) is 5.33. The van der Waals surface area contributed by atoms with Gasteiger partial charge in [0.25, 0.3) is 5.56 Å². The van der Waals surface area contributed by atoms with Crippen molar-refractivity contribution in [3.8, 4) is 5.75 Å². The molecule has 1 aromatic heterocycles. The van der Waals surface area contributed by atoms with E-state index in [-0.39, 0.29) is 6.54 Å². The Morgan fingerprint density at radius 3 is 2.84 bits per heavy atom. The molecule has 0 unspecified atom stereocenters. The molecule has 2 aromatic rings.